The number of aromatic nitrogens is 1. The van der Waals surface area contributed by atoms with Gasteiger partial charge in [-0.2, -0.15) is 5.26 Å². The summed E-state index contributed by atoms with van der Waals surface area (Å²) >= 11 is 0. The van der Waals surface area contributed by atoms with Gasteiger partial charge in [0, 0.05) is 42.1 Å². The summed E-state index contributed by atoms with van der Waals surface area (Å²) in [4.78, 5) is 17.4. The first-order valence-corrected chi connectivity index (χ1v) is 9.25. The van der Waals surface area contributed by atoms with Crippen molar-refractivity contribution in [3.8, 4) is 6.07 Å². The number of hydrogen-bond donors (Lipinski definition) is 2. The van der Waals surface area contributed by atoms with Crippen LogP contribution in [0, 0.1) is 23.2 Å². The highest BCUT2D eigenvalue weighted by Crippen LogP contribution is 2.45. The summed E-state index contributed by atoms with van der Waals surface area (Å²) in [6.07, 6.45) is 6.65. The minimum atomic E-state index is -0.704. The Balaban J connectivity index is 1.69. The number of piperidine rings is 1. The van der Waals surface area contributed by atoms with E-state index in [0.29, 0.717) is 18.4 Å². The van der Waals surface area contributed by atoms with Gasteiger partial charge in [0.1, 0.15) is 5.92 Å². The summed E-state index contributed by atoms with van der Waals surface area (Å²) in [5.41, 5.74) is 9.38. The fraction of sp³-hybridized carbons (Fsp3) is 0.429. The monoisotopic (exact) mass is 348 g/mol. The highest BCUT2D eigenvalue weighted by atomic mass is 16.1. The number of carbonyl (C=O) groups is 1. The zero-order valence-electron chi connectivity index (χ0n) is 14.8. The zero-order valence-corrected chi connectivity index (χ0v) is 14.8. The fourth-order valence-corrected chi connectivity index (χ4v) is 5.01. The number of H-pyrrole nitrogens is 1. The number of carbonyl (C=O) groups excluding carboxylic acids is 1. The third-order valence-corrected chi connectivity index (χ3v) is 6.09. The van der Waals surface area contributed by atoms with Crippen molar-refractivity contribution in [2.75, 3.05) is 13.1 Å². The molecule has 0 bridgehead atoms. The van der Waals surface area contributed by atoms with Crippen LogP contribution in [0.3, 0.4) is 0 Å². The molecule has 0 spiro atoms. The number of rotatable bonds is 5. The molecule has 1 amide bonds. The lowest BCUT2D eigenvalue weighted by atomic mass is 9.71. The van der Waals surface area contributed by atoms with Crippen molar-refractivity contribution in [3.05, 3.63) is 48.2 Å². The van der Waals surface area contributed by atoms with Crippen LogP contribution in [0.2, 0.25) is 0 Å². The lowest BCUT2D eigenvalue weighted by Gasteiger charge is -2.47. The van der Waals surface area contributed by atoms with E-state index >= 15 is 0 Å². The largest absolute Gasteiger partial charge is 0.369 e. The molecule has 5 heteroatoms. The first-order valence-electron chi connectivity index (χ1n) is 9.25. The minimum absolute atomic E-state index is 0.282. The number of nitrogens with one attached hydrogen (secondary N) is 1. The Bertz CT molecular complexity index is 893. The van der Waals surface area contributed by atoms with E-state index in [9.17, 15) is 10.1 Å². The van der Waals surface area contributed by atoms with Crippen LogP contribution in [0.4, 0.5) is 0 Å². The number of hydrogen-bond acceptors (Lipinski definition) is 3. The van der Waals surface area contributed by atoms with Crippen molar-refractivity contribution in [1.29, 1.82) is 5.26 Å². The Labute approximate surface area is 153 Å². The number of fused-ring (bicyclic) bond motifs is 2. The van der Waals surface area contributed by atoms with Crippen LogP contribution in [0.5, 0.6) is 0 Å². The highest BCUT2D eigenvalue weighted by Gasteiger charge is 2.41. The summed E-state index contributed by atoms with van der Waals surface area (Å²) < 4.78 is 0. The van der Waals surface area contributed by atoms with Crippen LogP contribution in [0.15, 0.2) is 37.1 Å². The lowest BCUT2D eigenvalue weighted by molar-refractivity contribution is -0.120. The molecule has 3 N–H and O–H groups in total. The van der Waals surface area contributed by atoms with Gasteiger partial charge in [-0.25, -0.2) is 0 Å². The summed E-state index contributed by atoms with van der Waals surface area (Å²) in [7, 11) is 0. The van der Waals surface area contributed by atoms with Gasteiger partial charge in [0.05, 0.1) is 6.07 Å². The predicted octanol–water partition coefficient (Wildman–Crippen LogP) is 2.70. The molecule has 0 radical (unpaired) electrons. The molecule has 4 atom stereocenters. The first kappa shape index (κ1) is 16.9. The third kappa shape index (κ3) is 2.71. The SMILES string of the molecule is C=CCN1C[C@H](CC(C#N)C(N)=O)C[C@@H]2c3cccc4[nH]cc(c34)C[C@H]21. The van der Waals surface area contributed by atoms with E-state index in [1.807, 2.05) is 6.08 Å². The molecule has 1 aliphatic heterocycles. The number of amides is 1. The Morgan fingerprint density at radius 3 is 3.12 bits per heavy atom. The molecular weight excluding hydrogens is 324 g/mol. The van der Waals surface area contributed by atoms with Crippen LogP contribution >= 0.6 is 0 Å². The highest BCUT2D eigenvalue weighted by molar-refractivity contribution is 5.88. The van der Waals surface area contributed by atoms with Crippen molar-refractivity contribution in [2.24, 2.45) is 17.6 Å². The van der Waals surface area contributed by atoms with Gasteiger partial charge in [-0.05, 0) is 42.4 Å². The molecule has 1 unspecified atom stereocenters. The second kappa shape index (κ2) is 6.62. The average molecular weight is 348 g/mol. The third-order valence-electron chi connectivity index (χ3n) is 6.09. The van der Waals surface area contributed by atoms with Gasteiger partial charge in [0.2, 0.25) is 5.91 Å². The van der Waals surface area contributed by atoms with E-state index in [1.165, 1.54) is 22.0 Å². The summed E-state index contributed by atoms with van der Waals surface area (Å²) in [5, 5.41) is 10.6. The molecule has 2 heterocycles. The molecule has 1 aromatic carbocycles. The van der Waals surface area contributed by atoms with E-state index in [2.05, 4.69) is 46.9 Å². The summed E-state index contributed by atoms with van der Waals surface area (Å²) in [6, 6.07) is 9.00. The molecule has 4 rings (SSSR count). The van der Waals surface area contributed by atoms with Crippen LogP contribution < -0.4 is 5.73 Å². The molecule has 134 valence electrons. The van der Waals surface area contributed by atoms with Crippen molar-refractivity contribution in [3.63, 3.8) is 0 Å². The van der Waals surface area contributed by atoms with Crippen molar-refractivity contribution in [1.82, 2.24) is 9.88 Å². The minimum Gasteiger partial charge on any atom is -0.369 e. The van der Waals surface area contributed by atoms with Gasteiger partial charge in [-0.3, -0.25) is 9.69 Å². The second-order valence-electron chi connectivity index (χ2n) is 7.63. The average Bonchev–Trinajstić information content (AvgIpc) is 3.05. The van der Waals surface area contributed by atoms with E-state index in [1.54, 1.807) is 0 Å². The molecule has 2 aliphatic rings. The first-order chi connectivity index (χ1) is 12.6. The number of likely N-dealkylation sites (tertiary alicyclic amines) is 1. The Morgan fingerprint density at radius 1 is 1.54 bits per heavy atom. The van der Waals surface area contributed by atoms with Crippen molar-refractivity contribution in [2.45, 2.75) is 31.2 Å². The number of nitrogens with two attached hydrogens (primary N) is 1. The normalized spacial score (nSPS) is 26.0. The van der Waals surface area contributed by atoms with E-state index in [0.717, 1.165) is 25.9 Å². The summed E-state index contributed by atoms with van der Waals surface area (Å²) in [6.45, 7) is 5.63. The molecule has 1 aromatic heterocycles. The van der Waals surface area contributed by atoms with Gasteiger partial charge in [0.25, 0.3) is 0 Å². The number of nitrogens with zero attached hydrogens (tertiary/aromatic N) is 2. The lowest BCUT2D eigenvalue weighted by Crippen LogP contribution is -2.50. The van der Waals surface area contributed by atoms with Crippen molar-refractivity contribution < 1.29 is 4.79 Å². The number of primary amides is 1. The van der Waals surface area contributed by atoms with Gasteiger partial charge >= 0.3 is 0 Å². The molecule has 2 aromatic rings. The molecular formula is C21H24N4O. The smallest absolute Gasteiger partial charge is 0.234 e. The van der Waals surface area contributed by atoms with Gasteiger partial charge in [-0.1, -0.05) is 18.2 Å². The maximum absolute atomic E-state index is 11.5. The molecule has 1 saturated heterocycles. The summed E-state index contributed by atoms with van der Waals surface area (Å²) in [5.74, 6) is -0.523. The Kier molecular flexibility index (Phi) is 4.29. The van der Waals surface area contributed by atoms with E-state index in [4.69, 9.17) is 5.73 Å². The quantitative estimate of drug-likeness (QED) is 0.815. The zero-order chi connectivity index (χ0) is 18.3. The molecule has 1 fully saturated rings. The van der Waals surface area contributed by atoms with Crippen molar-refractivity contribution >= 4 is 16.8 Å². The number of benzene rings is 1. The molecule has 5 nitrogen and oxygen atoms in total. The fourth-order valence-electron chi connectivity index (χ4n) is 5.01. The standard InChI is InChI=1S/C21H24N4O/c1-2-6-25-12-13(7-14(10-22)21(23)26)8-17-16-4-3-5-18-20(16)15(11-24-18)9-19(17)25/h2-5,11,13-14,17,19,24H,1,6-9,12H2,(H2,23,26)/t13-,14?,17-,19-/m1/s1. The van der Waals surface area contributed by atoms with E-state index in [-0.39, 0.29) is 5.92 Å². The van der Waals surface area contributed by atoms with Crippen LogP contribution in [0.25, 0.3) is 10.9 Å². The van der Waals surface area contributed by atoms with Gasteiger partial charge < -0.3 is 10.7 Å². The molecule has 26 heavy (non-hydrogen) atoms. The van der Waals surface area contributed by atoms with Gasteiger partial charge in [-0.15, -0.1) is 6.58 Å². The number of aromatic amines is 1. The topological polar surface area (TPSA) is 85.9 Å². The molecule has 1 aliphatic carbocycles. The maximum atomic E-state index is 11.5. The maximum Gasteiger partial charge on any atom is 0.234 e. The van der Waals surface area contributed by atoms with Crippen LogP contribution in [-0.4, -0.2) is 34.9 Å². The second-order valence-corrected chi connectivity index (χ2v) is 7.63. The van der Waals surface area contributed by atoms with Gasteiger partial charge in [0.15, 0.2) is 0 Å². The number of nitriles is 1. The molecule has 0 saturated carbocycles. The van der Waals surface area contributed by atoms with E-state index < -0.39 is 11.8 Å². The van der Waals surface area contributed by atoms with Crippen LogP contribution in [0.1, 0.15) is 29.9 Å². The predicted molar refractivity (Wildman–Crippen MR) is 101 cm³/mol. The van der Waals surface area contributed by atoms with Crippen LogP contribution in [-0.2, 0) is 11.2 Å². The Hall–Kier alpha value is -2.58. The Morgan fingerprint density at radius 2 is 2.38 bits per heavy atom.